The fourth-order valence-corrected chi connectivity index (χ4v) is 2.50. The van der Waals surface area contributed by atoms with Crippen molar-refractivity contribution in [2.45, 2.75) is 57.9 Å². The molecule has 2 rings (SSSR count). The predicted octanol–water partition coefficient (Wildman–Crippen LogP) is 1.89. The smallest absolute Gasteiger partial charge is 0.289 e. The Morgan fingerprint density at radius 1 is 1.31 bits per heavy atom. The topological polar surface area (TPSA) is 49.7 Å². The van der Waals surface area contributed by atoms with Crippen LogP contribution in [-0.2, 0) is 9.59 Å². The third kappa shape index (κ3) is 2.01. The predicted molar refractivity (Wildman–Crippen MR) is 61.1 cm³/mol. The molecular weight excluding hydrogens is 204 g/mol. The highest BCUT2D eigenvalue weighted by Crippen LogP contribution is 2.27. The van der Waals surface area contributed by atoms with Crippen LogP contribution in [-0.4, -0.2) is 28.6 Å². The summed E-state index contributed by atoms with van der Waals surface area (Å²) in [6.07, 6.45) is 7.61. The average Bonchev–Trinajstić information content (AvgIpc) is 2.77. The minimum atomic E-state index is -0.576. The summed E-state index contributed by atoms with van der Waals surface area (Å²) in [5.74, 6) is -0.281. The zero-order chi connectivity index (χ0) is 11.5. The Hall–Kier alpha value is -1.19. The van der Waals surface area contributed by atoms with Gasteiger partial charge in [0.2, 0.25) is 0 Å². The Balaban J connectivity index is 1.86. The van der Waals surface area contributed by atoms with Crippen LogP contribution >= 0.6 is 0 Å². The second-order valence-corrected chi connectivity index (χ2v) is 4.55. The molecule has 2 heterocycles. The van der Waals surface area contributed by atoms with Crippen molar-refractivity contribution in [3.8, 4) is 0 Å². The number of fused-ring (bicyclic) bond motifs is 1. The van der Waals surface area contributed by atoms with Gasteiger partial charge in [-0.15, -0.1) is 0 Å². The molecule has 88 valence electrons. The fourth-order valence-electron chi connectivity index (χ4n) is 2.50. The molecule has 1 atom stereocenters. The van der Waals surface area contributed by atoms with Crippen LogP contribution in [0.1, 0.15) is 51.9 Å². The molecular formula is C12H18N2O2. The van der Waals surface area contributed by atoms with E-state index in [1.165, 1.54) is 19.3 Å². The van der Waals surface area contributed by atoms with Crippen LogP contribution in [0.5, 0.6) is 0 Å². The fraction of sp³-hybridized carbons (Fsp3) is 0.750. The normalized spacial score (nSPS) is 23.9. The summed E-state index contributed by atoms with van der Waals surface area (Å²) in [6.45, 7) is 2.18. The molecule has 0 radical (unpaired) electrons. The number of carbonyl (C=O) groups is 2. The number of amidine groups is 1. The maximum atomic E-state index is 11.5. The number of unbranched alkanes of at least 4 members (excludes halogenated alkanes) is 3. The summed E-state index contributed by atoms with van der Waals surface area (Å²) >= 11 is 0. The Bertz CT molecular complexity index is 336. The number of rotatable bonds is 5. The van der Waals surface area contributed by atoms with Crippen LogP contribution in [0.3, 0.4) is 0 Å². The summed E-state index contributed by atoms with van der Waals surface area (Å²) < 4.78 is 0. The second kappa shape index (κ2) is 4.76. The molecule has 1 saturated heterocycles. The van der Waals surface area contributed by atoms with Crippen LogP contribution in [0.2, 0.25) is 0 Å². The standard InChI is InChI=1S/C12H18N2O2/c1-2-3-4-5-6-9-7-8-10-13-11(15)12(16)14(9)10/h9H,2-8H2,1H3. The molecule has 1 unspecified atom stereocenters. The first-order valence-corrected chi connectivity index (χ1v) is 6.19. The first-order valence-electron chi connectivity index (χ1n) is 6.19. The van der Waals surface area contributed by atoms with Crippen molar-refractivity contribution in [2.24, 2.45) is 4.99 Å². The monoisotopic (exact) mass is 222 g/mol. The van der Waals surface area contributed by atoms with E-state index in [1.54, 1.807) is 4.90 Å². The highest BCUT2D eigenvalue weighted by molar-refractivity contribution is 6.44. The zero-order valence-electron chi connectivity index (χ0n) is 9.74. The number of hydrogen-bond donors (Lipinski definition) is 0. The summed E-state index contributed by atoms with van der Waals surface area (Å²) in [5, 5.41) is 0. The van der Waals surface area contributed by atoms with Gasteiger partial charge in [0.1, 0.15) is 5.84 Å². The number of nitrogens with zero attached hydrogens (tertiary/aromatic N) is 2. The third-order valence-electron chi connectivity index (χ3n) is 3.37. The van der Waals surface area contributed by atoms with Crippen molar-refractivity contribution in [1.29, 1.82) is 0 Å². The number of carbonyl (C=O) groups excluding carboxylic acids is 2. The van der Waals surface area contributed by atoms with Crippen LogP contribution < -0.4 is 0 Å². The molecule has 0 aromatic carbocycles. The average molecular weight is 222 g/mol. The summed E-state index contributed by atoms with van der Waals surface area (Å²) in [7, 11) is 0. The Labute approximate surface area is 95.7 Å². The lowest BCUT2D eigenvalue weighted by Gasteiger charge is -2.19. The largest absolute Gasteiger partial charge is 0.337 e. The van der Waals surface area contributed by atoms with Gasteiger partial charge in [-0.2, -0.15) is 4.99 Å². The Kier molecular flexibility index (Phi) is 3.36. The van der Waals surface area contributed by atoms with Gasteiger partial charge in [-0.25, -0.2) is 0 Å². The Morgan fingerprint density at radius 3 is 2.88 bits per heavy atom. The maximum absolute atomic E-state index is 11.5. The van der Waals surface area contributed by atoms with E-state index in [0.29, 0.717) is 5.84 Å². The SMILES string of the molecule is CCCCCCC1CCC2=NC(=O)C(=O)N21. The minimum absolute atomic E-state index is 0.231. The maximum Gasteiger partial charge on any atom is 0.337 e. The number of hydrogen-bond acceptors (Lipinski definition) is 2. The molecule has 2 aliphatic rings. The quantitative estimate of drug-likeness (QED) is 0.527. The third-order valence-corrected chi connectivity index (χ3v) is 3.37. The molecule has 4 heteroatoms. The van der Waals surface area contributed by atoms with E-state index in [1.807, 2.05) is 0 Å². The van der Waals surface area contributed by atoms with Gasteiger partial charge in [0.15, 0.2) is 0 Å². The molecule has 4 nitrogen and oxygen atoms in total. The van der Waals surface area contributed by atoms with Crippen LogP contribution in [0.25, 0.3) is 0 Å². The van der Waals surface area contributed by atoms with Crippen LogP contribution in [0.4, 0.5) is 0 Å². The molecule has 0 aromatic rings. The van der Waals surface area contributed by atoms with Gasteiger partial charge in [-0.05, 0) is 12.8 Å². The van der Waals surface area contributed by atoms with E-state index in [4.69, 9.17) is 0 Å². The highest BCUT2D eigenvalue weighted by Gasteiger charge is 2.41. The van der Waals surface area contributed by atoms with E-state index < -0.39 is 11.8 Å². The van der Waals surface area contributed by atoms with E-state index in [0.717, 1.165) is 25.7 Å². The van der Waals surface area contributed by atoms with E-state index in [-0.39, 0.29) is 6.04 Å². The van der Waals surface area contributed by atoms with E-state index >= 15 is 0 Å². The molecule has 0 spiro atoms. The van der Waals surface area contributed by atoms with Gasteiger partial charge in [-0.3, -0.25) is 14.5 Å². The molecule has 16 heavy (non-hydrogen) atoms. The summed E-state index contributed by atoms with van der Waals surface area (Å²) in [6, 6.07) is 0.231. The van der Waals surface area contributed by atoms with Crippen molar-refractivity contribution in [1.82, 2.24) is 4.90 Å². The van der Waals surface area contributed by atoms with Gasteiger partial charge >= 0.3 is 11.8 Å². The van der Waals surface area contributed by atoms with Crippen molar-refractivity contribution in [2.75, 3.05) is 0 Å². The molecule has 0 aliphatic carbocycles. The minimum Gasteiger partial charge on any atom is -0.289 e. The van der Waals surface area contributed by atoms with Crippen molar-refractivity contribution in [3.05, 3.63) is 0 Å². The van der Waals surface area contributed by atoms with Gasteiger partial charge in [0.05, 0.1) is 0 Å². The summed E-state index contributed by atoms with van der Waals surface area (Å²) in [4.78, 5) is 28.1. The van der Waals surface area contributed by atoms with Gasteiger partial charge in [0, 0.05) is 12.5 Å². The number of amides is 2. The molecule has 2 amide bonds. The van der Waals surface area contributed by atoms with Crippen LogP contribution in [0.15, 0.2) is 4.99 Å². The van der Waals surface area contributed by atoms with Crippen molar-refractivity contribution >= 4 is 17.6 Å². The highest BCUT2D eigenvalue weighted by atomic mass is 16.2. The van der Waals surface area contributed by atoms with Gasteiger partial charge in [-0.1, -0.05) is 32.6 Å². The first kappa shape index (κ1) is 11.3. The van der Waals surface area contributed by atoms with Crippen molar-refractivity contribution < 1.29 is 9.59 Å². The van der Waals surface area contributed by atoms with Gasteiger partial charge < -0.3 is 0 Å². The lowest BCUT2D eigenvalue weighted by Crippen LogP contribution is -2.36. The molecule has 0 aromatic heterocycles. The van der Waals surface area contributed by atoms with Crippen LogP contribution in [0, 0.1) is 0 Å². The molecule has 0 N–H and O–H groups in total. The van der Waals surface area contributed by atoms with Crippen molar-refractivity contribution in [3.63, 3.8) is 0 Å². The summed E-state index contributed by atoms with van der Waals surface area (Å²) in [5.41, 5.74) is 0. The molecule has 0 bridgehead atoms. The lowest BCUT2D eigenvalue weighted by atomic mass is 10.1. The van der Waals surface area contributed by atoms with E-state index in [2.05, 4.69) is 11.9 Å². The molecule has 0 saturated carbocycles. The zero-order valence-corrected chi connectivity index (χ0v) is 9.74. The molecule has 1 fully saturated rings. The van der Waals surface area contributed by atoms with Gasteiger partial charge in [0.25, 0.3) is 0 Å². The lowest BCUT2D eigenvalue weighted by molar-refractivity contribution is -0.140. The Morgan fingerprint density at radius 2 is 2.12 bits per heavy atom. The number of aliphatic imine (C=N–C) groups is 1. The second-order valence-electron chi connectivity index (χ2n) is 4.55. The first-order chi connectivity index (χ1) is 7.74. The van der Waals surface area contributed by atoms with E-state index in [9.17, 15) is 9.59 Å². The molecule has 2 aliphatic heterocycles.